The Bertz CT molecular complexity index is 555. The maximum absolute atomic E-state index is 5.30. The Kier molecular flexibility index (Phi) is 4.10. The molecule has 100 valence electrons. The van der Waals surface area contributed by atoms with Gasteiger partial charge in [0.2, 0.25) is 0 Å². The fraction of sp³-hybridized carbons (Fsp3) is 0.294. The summed E-state index contributed by atoms with van der Waals surface area (Å²) in [6.07, 6.45) is 0.984. The topological polar surface area (TPSA) is 9.23 Å². The molecule has 0 heterocycles. The fourth-order valence-corrected chi connectivity index (χ4v) is 4.14. The van der Waals surface area contributed by atoms with Crippen LogP contribution in [0.2, 0.25) is 19.6 Å². The Morgan fingerprint density at radius 3 is 2.37 bits per heavy atom. The number of ether oxygens (including phenoxy) is 1. The Morgan fingerprint density at radius 2 is 1.68 bits per heavy atom. The first kappa shape index (κ1) is 13.9. The van der Waals surface area contributed by atoms with Crippen LogP contribution >= 0.6 is 0 Å². The minimum Gasteiger partial charge on any atom is -0.497 e. The first-order valence-corrected chi connectivity index (χ1v) is 10.2. The molecule has 0 aliphatic rings. The smallest absolute Gasteiger partial charge is 0.119 e. The van der Waals surface area contributed by atoms with Gasteiger partial charge in [-0.25, -0.2) is 0 Å². The summed E-state index contributed by atoms with van der Waals surface area (Å²) in [4.78, 5) is 0. The highest BCUT2D eigenvalue weighted by Gasteiger charge is 2.19. The van der Waals surface area contributed by atoms with Gasteiger partial charge in [-0.3, -0.25) is 0 Å². The molecule has 0 atom stereocenters. The van der Waals surface area contributed by atoms with Crippen LogP contribution in [-0.2, 0) is 6.42 Å². The van der Waals surface area contributed by atoms with Gasteiger partial charge in [-0.05, 0) is 29.7 Å². The van der Waals surface area contributed by atoms with Crippen molar-refractivity contribution in [3.8, 4) is 5.75 Å². The predicted octanol–water partition coefficient (Wildman–Crippen LogP) is 3.83. The van der Waals surface area contributed by atoms with E-state index in [-0.39, 0.29) is 0 Å². The maximum Gasteiger partial charge on any atom is 0.119 e. The van der Waals surface area contributed by atoms with E-state index in [1.54, 1.807) is 12.3 Å². The largest absolute Gasteiger partial charge is 0.497 e. The van der Waals surface area contributed by atoms with Crippen molar-refractivity contribution in [3.05, 3.63) is 59.7 Å². The lowest BCUT2D eigenvalue weighted by molar-refractivity contribution is 0.414. The van der Waals surface area contributed by atoms with Gasteiger partial charge in [-0.1, -0.05) is 61.2 Å². The van der Waals surface area contributed by atoms with Gasteiger partial charge in [0.15, 0.2) is 0 Å². The lowest BCUT2D eigenvalue weighted by Crippen LogP contribution is -2.40. The third-order valence-corrected chi connectivity index (χ3v) is 5.46. The third kappa shape index (κ3) is 3.48. The normalized spacial score (nSPS) is 11.4. The molecule has 0 aliphatic carbocycles. The van der Waals surface area contributed by atoms with Gasteiger partial charge in [0, 0.05) is 0 Å². The molecule has 0 aromatic heterocycles. The monoisotopic (exact) mass is 270 g/mol. The van der Waals surface area contributed by atoms with Gasteiger partial charge in [0.25, 0.3) is 0 Å². The van der Waals surface area contributed by atoms with Crippen molar-refractivity contribution in [2.75, 3.05) is 7.11 Å². The number of rotatable bonds is 4. The number of hydrogen-bond donors (Lipinski definition) is 0. The van der Waals surface area contributed by atoms with Crippen LogP contribution in [0.3, 0.4) is 0 Å². The molecular weight excluding hydrogens is 248 g/mol. The third-order valence-electron chi connectivity index (χ3n) is 3.35. The summed E-state index contributed by atoms with van der Waals surface area (Å²) in [6, 6.07) is 17.2. The highest BCUT2D eigenvalue weighted by molar-refractivity contribution is 6.89. The standard InChI is InChI=1S/C17H22OSi/c1-18-16-10-7-8-14(13-16)12-15-9-5-6-11-17(15)19(2,3)4/h5-11,13H,12H2,1-4H3. The van der Waals surface area contributed by atoms with Gasteiger partial charge in [-0.15, -0.1) is 0 Å². The van der Waals surface area contributed by atoms with Crippen LogP contribution in [-0.4, -0.2) is 15.2 Å². The van der Waals surface area contributed by atoms with E-state index in [1.165, 1.54) is 11.1 Å². The van der Waals surface area contributed by atoms with Crippen molar-refractivity contribution in [3.63, 3.8) is 0 Å². The molecule has 0 saturated carbocycles. The zero-order valence-electron chi connectivity index (χ0n) is 12.2. The summed E-state index contributed by atoms with van der Waals surface area (Å²) in [5, 5.41) is 1.55. The average Bonchev–Trinajstić information content (AvgIpc) is 2.38. The summed E-state index contributed by atoms with van der Waals surface area (Å²) >= 11 is 0. The number of hydrogen-bond acceptors (Lipinski definition) is 1. The molecule has 0 saturated heterocycles. The molecule has 2 aromatic rings. The summed E-state index contributed by atoms with van der Waals surface area (Å²) in [7, 11) is 0.433. The summed E-state index contributed by atoms with van der Waals surface area (Å²) in [5.41, 5.74) is 2.76. The van der Waals surface area contributed by atoms with Crippen molar-refractivity contribution >= 4 is 13.3 Å². The van der Waals surface area contributed by atoms with Gasteiger partial charge < -0.3 is 4.74 Å². The van der Waals surface area contributed by atoms with Gasteiger partial charge >= 0.3 is 0 Å². The second-order valence-corrected chi connectivity index (χ2v) is 11.0. The van der Waals surface area contributed by atoms with E-state index in [4.69, 9.17) is 4.74 Å². The first-order chi connectivity index (χ1) is 9.00. The lowest BCUT2D eigenvalue weighted by atomic mass is 10.0. The molecule has 2 aromatic carbocycles. The molecule has 0 radical (unpaired) electrons. The Hall–Kier alpha value is -1.54. The SMILES string of the molecule is COc1cccc(Cc2ccccc2[Si](C)(C)C)c1. The Balaban J connectivity index is 2.33. The maximum atomic E-state index is 5.30. The van der Waals surface area contributed by atoms with Crippen molar-refractivity contribution in [2.24, 2.45) is 0 Å². The molecule has 2 heteroatoms. The quantitative estimate of drug-likeness (QED) is 0.767. The van der Waals surface area contributed by atoms with Crippen molar-refractivity contribution in [1.29, 1.82) is 0 Å². The van der Waals surface area contributed by atoms with E-state index >= 15 is 0 Å². The molecule has 0 unspecified atom stereocenters. The predicted molar refractivity (Wildman–Crippen MR) is 85.2 cm³/mol. The van der Waals surface area contributed by atoms with Crippen molar-refractivity contribution < 1.29 is 4.74 Å². The van der Waals surface area contributed by atoms with E-state index in [0.717, 1.165) is 12.2 Å². The second-order valence-electron chi connectivity index (χ2n) is 5.94. The number of benzene rings is 2. The second kappa shape index (κ2) is 5.62. The van der Waals surface area contributed by atoms with E-state index in [2.05, 4.69) is 62.1 Å². The summed E-state index contributed by atoms with van der Waals surface area (Å²) < 4.78 is 5.30. The van der Waals surface area contributed by atoms with Gasteiger partial charge in [0.1, 0.15) is 5.75 Å². The number of methoxy groups -OCH3 is 1. The average molecular weight is 270 g/mol. The molecule has 0 amide bonds. The molecule has 0 N–H and O–H groups in total. The van der Waals surface area contributed by atoms with Crippen LogP contribution in [0.1, 0.15) is 11.1 Å². The van der Waals surface area contributed by atoms with Crippen LogP contribution in [0, 0.1) is 0 Å². The summed E-state index contributed by atoms with van der Waals surface area (Å²) in [5.74, 6) is 0.933. The molecular formula is C17H22OSi. The first-order valence-electron chi connectivity index (χ1n) is 6.72. The van der Waals surface area contributed by atoms with E-state index < -0.39 is 8.07 Å². The summed E-state index contributed by atoms with van der Waals surface area (Å²) in [6.45, 7) is 7.20. The van der Waals surface area contributed by atoms with Crippen LogP contribution in [0.4, 0.5) is 0 Å². The van der Waals surface area contributed by atoms with Crippen LogP contribution in [0.25, 0.3) is 0 Å². The molecule has 0 bridgehead atoms. The minimum atomic E-state index is -1.28. The van der Waals surface area contributed by atoms with Crippen molar-refractivity contribution in [2.45, 2.75) is 26.1 Å². The lowest BCUT2D eigenvalue weighted by Gasteiger charge is -2.21. The van der Waals surface area contributed by atoms with Gasteiger partial charge in [0.05, 0.1) is 15.2 Å². The van der Waals surface area contributed by atoms with Crippen LogP contribution < -0.4 is 9.92 Å². The minimum absolute atomic E-state index is 0.933. The fourth-order valence-electron chi connectivity index (χ4n) is 2.41. The van der Waals surface area contributed by atoms with E-state index in [9.17, 15) is 0 Å². The van der Waals surface area contributed by atoms with Crippen molar-refractivity contribution in [1.82, 2.24) is 0 Å². The van der Waals surface area contributed by atoms with E-state index in [1.807, 2.05) is 6.07 Å². The Morgan fingerprint density at radius 1 is 0.947 bits per heavy atom. The van der Waals surface area contributed by atoms with Crippen LogP contribution in [0.5, 0.6) is 5.75 Å². The van der Waals surface area contributed by atoms with Gasteiger partial charge in [-0.2, -0.15) is 0 Å². The highest BCUT2D eigenvalue weighted by Crippen LogP contribution is 2.17. The molecule has 0 aliphatic heterocycles. The molecule has 2 rings (SSSR count). The van der Waals surface area contributed by atoms with E-state index in [0.29, 0.717) is 0 Å². The molecule has 1 nitrogen and oxygen atoms in total. The molecule has 0 spiro atoms. The molecule has 19 heavy (non-hydrogen) atoms. The zero-order valence-corrected chi connectivity index (χ0v) is 13.2. The van der Waals surface area contributed by atoms with Crippen LogP contribution in [0.15, 0.2) is 48.5 Å². The molecule has 0 fully saturated rings. The Labute approximate surface area is 117 Å². The highest BCUT2D eigenvalue weighted by atomic mass is 28.3. The zero-order chi connectivity index (χ0) is 13.9.